The number of nitrogens with one attached hydrogen (secondary N) is 4. The number of carboxylic acid groups (broad SMARTS) is 1. The second-order valence-electron chi connectivity index (χ2n) is 17.5. The molecule has 19 nitrogen and oxygen atoms in total. The van der Waals surface area contributed by atoms with Crippen LogP contribution in [0.1, 0.15) is 66.5 Å². The molecule has 3 aromatic rings. The molecule has 358 valence electrons. The van der Waals surface area contributed by atoms with E-state index in [1.54, 1.807) is 42.5 Å². The van der Waals surface area contributed by atoms with Crippen LogP contribution in [0.2, 0.25) is 0 Å². The molecule has 3 aromatic carbocycles. The number of fused-ring (bicyclic) bond motifs is 1. The predicted octanol–water partition coefficient (Wildman–Crippen LogP) is -0.235. The molecular weight excluding hydrogens is 857 g/mol. The number of phenolic OH excluding ortho intramolecular Hbond substituents is 1. The van der Waals surface area contributed by atoms with E-state index >= 15 is 0 Å². The maximum atomic E-state index is 14.5. The fourth-order valence-corrected chi connectivity index (χ4v) is 8.16. The van der Waals surface area contributed by atoms with E-state index < -0.39 is 95.9 Å². The molecule has 0 aliphatic carbocycles. The number of aliphatic hydroxyl groups excluding tert-OH is 3. The number of phenols is 1. The molecule has 2 heterocycles. The molecule has 66 heavy (non-hydrogen) atoms. The van der Waals surface area contributed by atoms with Crippen LogP contribution in [0.15, 0.2) is 66.7 Å². The molecule has 19 heteroatoms. The van der Waals surface area contributed by atoms with Gasteiger partial charge in [-0.2, -0.15) is 0 Å². The Balaban J connectivity index is 1.34. The number of amides is 5. The van der Waals surface area contributed by atoms with Crippen LogP contribution in [-0.2, 0) is 64.0 Å². The third-order valence-corrected chi connectivity index (χ3v) is 12.1. The van der Waals surface area contributed by atoms with E-state index in [1.165, 1.54) is 25.9 Å². The number of aryl methyl sites for hydroxylation is 2. The minimum atomic E-state index is -1.75. The summed E-state index contributed by atoms with van der Waals surface area (Å²) in [5.41, 5.74) is 9.47. The summed E-state index contributed by atoms with van der Waals surface area (Å²) in [7, 11) is 1.20. The third-order valence-electron chi connectivity index (χ3n) is 12.1. The lowest BCUT2D eigenvalue weighted by Gasteiger charge is -2.38. The number of carboxylic acids is 1. The van der Waals surface area contributed by atoms with E-state index in [0.717, 1.165) is 27.8 Å². The Bertz CT molecular complexity index is 2200. The monoisotopic (exact) mass is 918 g/mol. The van der Waals surface area contributed by atoms with Crippen molar-refractivity contribution in [1.29, 1.82) is 0 Å². The van der Waals surface area contributed by atoms with Crippen LogP contribution in [0.3, 0.4) is 0 Å². The number of ether oxygens (including phenoxy) is 2. The first kappa shape index (κ1) is 51.0. The normalized spacial score (nSPS) is 21.9. The highest BCUT2D eigenvalue weighted by Gasteiger charge is 2.47. The maximum absolute atomic E-state index is 14.5. The van der Waals surface area contributed by atoms with Crippen molar-refractivity contribution in [2.24, 2.45) is 5.73 Å². The first-order chi connectivity index (χ1) is 31.2. The van der Waals surface area contributed by atoms with E-state index in [9.17, 15) is 54.3 Å². The first-order valence-electron chi connectivity index (χ1n) is 21.8. The molecule has 5 amide bonds. The largest absolute Gasteiger partial charge is 0.508 e. The Kier molecular flexibility index (Phi) is 17.4. The number of unbranched alkanes of at least 4 members (excludes halogenated alkanes) is 1. The van der Waals surface area contributed by atoms with Gasteiger partial charge < -0.3 is 66.9 Å². The fraction of sp³-hybridized carbons (Fsp3) is 0.489. The van der Waals surface area contributed by atoms with E-state index in [4.69, 9.17) is 15.2 Å². The van der Waals surface area contributed by atoms with Crippen molar-refractivity contribution in [3.8, 4) is 5.75 Å². The van der Waals surface area contributed by atoms with Crippen LogP contribution in [-0.4, -0.2) is 140 Å². The molecule has 5 rings (SSSR count). The van der Waals surface area contributed by atoms with Crippen molar-refractivity contribution in [2.45, 2.75) is 133 Å². The summed E-state index contributed by atoms with van der Waals surface area (Å²) in [5.74, 6) is -4.78. The van der Waals surface area contributed by atoms with Crippen LogP contribution in [0, 0.1) is 13.8 Å². The number of carbonyl (C=O) groups excluding carboxylic acids is 5. The highest BCUT2D eigenvalue weighted by Crippen LogP contribution is 2.27. The Morgan fingerprint density at radius 1 is 0.833 bits per heavy atom. The molecule has 1 fully saturated rings. The molecule has 0 aromatic heterocycles. The summed E-state index contributed by atoms with van der Waals surface area (Å²) < 4.78 is 10.3. The SMILES string of the molecule is CO[C@@H]1O[C@H](C(=O)NCCCC[C@@H](NC(=O)[C@H](Cc2ccccc2)NC(=O)[C@@H]2Cc3ccccc3CN2C(=O)[C@@H](N)Cc2c(C)cc(O)cc2C)C(=O)NC(C)(C)C(=O)O)[C@@H](O)[C@H](O)[C@H]1O. The predicted molar refractivity (Wildman–Crippen MR) is 238 cm³/mol. The van der Waals surface area contributed by atoms with Crippen LogP contribution in [0.25, 0.3) is 0 Å². The van der Waals surface area contributed by atoms with Gasteiger partial charge in [0, 0.05) is 33.0 Å². The van der Waals surface area contributed by atoms with Crippen molar-refractivity contribution >= 4 is 35.5 Å². The van der Waals surface area contributed by atoms with Crippen molar-refractivity contribution in [2.75, 3.05) is 13.7 Å². The zero-order chi connectivity index (χ0) is 48.5. The maximum Gasteiger partial charge on any atom is 0.328 e. The Labute approximate surface area is 383 Å². The number of hydrogen-bond acceptors (Lipinski definition) is 13. The molecule has 2 aliphatic heterocycles. The van der Waals surface area contributed by atoms with Gasteiger partial charge in [0.1, 0.15) is 47.7 Å². The van der Waals surface area contributed by atoms with Crippen molar-refractivity contribution in [1.82, 2.24) is 26.2 Å². The van der Waals surface area contributed by atoms with Crippen molar-refractivity contribution in [3.05, 3.63) is 100 Å². The number of rotatable bonds is 19. The number of aromatic hydroxyl groups is 1. The fourth-order valence-electron chi connectivity index (χ4n) is 8.16. The average Bonchev–Trinajstić information content (AvgIpc) is 3.27. The van der Waals surface area contributed by atoms with Gasteiger partial charge in [-0.05, 0) is 98.9 Å². The second-order valence-corrected chi connectivity index (χ2v) is 17.5. The lowest BCUT2D eigenvalue weighted by atomic mass is 9.91. The summed E-state index contributed by atoms with van der Waals surface area (Å²) in [4.78, 5) is 83.3. The standard InChI is InChI=1S/C47H62N6O13/c1-25-19-30(54)20-26(2)31(25)23-32(48)44(62)53-24-29-16-10-9-15-28(29)22-35(53)42(60)51-34(21-27-13-7-6-8-14-27)40(58)50-33(41(59)52-47(3,4)46(63)64)17-11-12-18-49-43(61)39-37(56)36(55)38(57)45(65-5)66-39/h6-10,13-16,19-20,32-39,45,54-57H,11-12,17-18,21-24,48H2,1-5H3,(H,49,61)(H,50,58)(H,51,60)(H,52,59)(H,63,64)/t32-,33+,34-,35-,36-,37-,38+,39-,45+/m0/s1. The van der Waals surface area contributed by atoms with Gasteiger partial charge in [0.05, 0.1) is 6.04 Å². The molecule has 0 bridgehead atoms. The Hall–Kier alpha value is -5.96. The van der Waals surface area contributed by atoms with Gasteiger partial charge in [-0.25, -0.2) is 4.79 Å². The summed E-state index contributed by atoms with van der Waals surface area (Å²) in [6.45, 7) is 6.24. The summed E-state index contributed by atoms with van der Waals surface area (Å²) >= 11 is 0. The van der Waals surface area contributed by atoms with Gasteiger partial charge in [0.15, 0.2) is 12.4 Å². The van der Waals surface area contributed by atoms with Crippen LogP contribution < -0.4 is 27.0 Å². The summed E-state index contributed by atoms with van der Waals surface area (Å²) in [6.07, 6.45) is -7.41. The molecule has 2 aliphatic rings. The van der Waals surface area contributed by atoms with Gasteiger partial charge in [-0.15, -0.1) is 0 Å². The Morgan fingerprint density at radius 3 is 2.11 bits per heavy atom. The molecule has 1 saturated heterocycles. The number of carbonyl (C=O) groups is 6. The quantitative estimate of drug-likeness (QED) is 0.0696. The highest BCUT2D eigenvalue weighted by atomic mass is 16.7. The van der Waals surface area contributed by atoms with Crippen LogP contribution in [0.5, 0.6) is 5.75 Å². The number of methoxy groups -OCH3 is 1. The van der Waals surface area contributed by atoms with E-state index in [1.807, 2.05) is 38.1 Å². The molecule has 0 radical (unpaired) electrons. The second kappa shape index (κ2) is 22.5. The number of nitrogens with two attached hydrogens (primary N) is 1. The number of nitrogens with zero attached hydrogens (tertiary/aromatic N) is 1. The number of aliphatic carboxylic acids is 1. The summed E-state index contributed by atoms with van der Waals surface area (Å²) in [5, 5.41) is 61.0. The molecule has 0 unspecified atom stereocenters. The number of hydrogen-bond donors (Lipinski definition) is 10. The van der Waals surface area contributed by atoms with E-state index in [-0.39, 0.29) is 57.4 Å². The van der Waals surface area contributed by atoms with Gasteiger partial charge in [0.25, 0.3) is 5.91 Å². The van der Waals surface area contributed by atoms with Gasteiger partial charge in [0.2, 0.25) is 23.6 Å². The molecule has 9 atom stereocenters. The topological polar surface area (TPSA) is 299 Å². The van der Waals surface area contributed by atoms with Gasteiger partial charge >= 0.3 is 5.97 Å². The number of aliphatic hydroxyl groups is 3. The van der Waals surface area contributed by atoms with Crippen molar-refractivity contribution in [3.63, 3.8) is 0 Å². The average molecular weight is 919 g/mol. The van der Waals surface area contributed by atoms with Gasteiger partial charge in [-0.3, -0.25) is 24.0 Å². The first-order valence-corrected chi connectivity index (χ1v) is 21.8. The van der Waals surface area contributed by atoms with Crippen LogP contribution >= 0.6 is 0 Å². The minimum Gasteiger partial charge on any atom is -0.508 e. The van der Waals surface area contributed by atoms with Crippen LogP contribution in [0.4, 0.5) is 0 Å². The summed E-state index contributed by atoms with van der Waals surface area (Å²) in [6, 6.07) is 14.6. The highest BCUT2D eigenvalue weighted by molar-refractivity contribution is 5.96. The van der Waals surface area contributed by atoms with Crippen molar-refractivity contribution < 1.29 is 63.8 Å². The minimum absolute atomic E-state index is 0.00511. The van der Waals surface area contributed by atoms with E-state index in [2.05, 4.69) is 21.3 Å². The number of benzene rings is 3. The van der Waals surface area contributed by atoms with E-state index in [0.29, 0.717) is 5.56 Å². The zero-order valence-corrected chi connectivity index (χ0v) is 37.7. The lowest BCUT2D eigenvalue weighted by Crippen LogP contribution is -2.62. The molecular formula is C47H62N6O13. The smallest absolute Gasteiger partial charge is 0.328 e. The zero-order valence-electron chi connectivity index (χ0n) is 37.7. The third kappa shape index (κ3) is 12.7. The molecule has 11 N–H and O–H groups in total. The lowest BCUT2D eigenvalue weighted by molar-refractivity contribution is -0.283. The Morgan fingerprint density at radius 2 is 1.47 bits per heavy atom. The molecule has 0 saturated carbocycles. The molecule has 0 spiro atoms. The van der Waals surface area contributed by atoms with Gasteiger partial charge in [-0.1, -0.05) is 54.6 Å².